The van der Waals surface area contributed by atoms with Crippen LogP contribution in [-0.2, 0) is 14.4 Å². The van der Waals surface area contributed by atoms with Gasteiger partial charge in [-0.15, -0.1) is 5.06 Å². The lowest BCUT2D eigenvalue weighted by atomic mass is 10.2. The Bertz CT molecular complexity index is 625. The van der Waals surface area contributed by atoms with E-state index in [2.05, 4.69) is 15.9 Å². The fourth-order valence-electron chi connectivity index (χ4n) is 2.07. The van der Waals surface area contributed by atoms with Crippen molar-refractivity contribution in [3.63, 3.8) is 0 Å². The van der Waals surface area contributed by atoms with Crippen molar-refractivity contribution >= 4 is 33.7 Å². The van der Waals surface area contributed by atoms with E-state index in [1.165, 1.54) is 0 Å². The molecule has 1 saturated carbocycles. The molecule has 0 spiro atoms. The van der Waals surface area contributed by atoms with Crippen molar-refractivity contribution in [2.75, 3.05) is 6.61 Å². The normalized spacial score (nSPS) is 17.8. The van der Waals surface area contributed by atoms with Crippen LogP contribution in [0.1, 0.15) is 36.0 Å². The zero-order valence-corrected chi connectivity index (χ0v) is 13.3. The van der Waals surface area contributed by atoms with Crippen LogP contribution in [0.4, 0.5) is 0 Å². The van der Waals surface area contributed by atoms with Crippen LogP contribution < -0.4 is 4.74 Å². The largest absolute Gasteiger partial charge is 0.492 e. The van der Waals surface area contributed by atoms with E-state index in [9.17, 15) is 14.4 Å². The van der Waals surface area contributed by atoms with Crippen LogP contribution in [0.3, 0.4) is 0 Å². The number of hydrogen-bond donors (Lipinski definition) is 0. The number of carbonyl (C=O) groups is 3. The molecule has 1 saturated heterocycles. The predicted octanol–water partition coefficient (Wildman–Crippen LogP) is 2.46. The van der Waals surface area contributed by atoms with Gasteiger partial charge in [0.1, 0.15) is 11.3 Å². The molecule has 3 rings (SSSR count). The van der Waals surface area contributed by atoms with E-state index in [1.54, 1.807) is 18.2 Å². The van der Waals surface area contributed by atoms with Gasteiger partial charge < -0.3 is 9.57 Å². The maximum Gasteiger partial charge on any atom is 0.367 e. The Labute approximate surface area is 135 Å². The highest BCUT2D eigenvalue weighted by molar-refractivity contribution is 9.10. The second kappa shape index (κ2) is 6.08. The molecule has 7 heteroatoms. The monoisotopic (exact) mass is 367 g/mol. The molecule has 2 amide bonds. The van der Waals surface area contributed by atoms with Crippen LogP contribution in [0.5, 0.6) is 5.75 Å². The third-order valence-corrected chi connectivity index (χ3v) is 4.01. The van der Waals surface area contributed by atoms with E-state index in [4.69, 9.17) is 9.57 Å². The summed E-state index contributed by atoms with van der Waals surface area (Å²) in [6, 6.07) is 4.89. The molecule has 6 nitrogen and oxygen atoms in total. The number of rotatable bonds is 5. The van der Waals surface area contributed by atoms with Crippen molar-refractivity contribution in [2.24, 2.45) is 5.92 Å². The van der Waals surface area contributed by atoms with Gasteiger partial charge in [0.15, 0.2) is 0 Å². The molecule has 1 aromatic rings. The van der Waals surface area contributed by atoms with Gasteiger partial charge in [-0.1, -0.05) is 15.9 Å². The molecule has 116 valence electrons. The summed E-state index contributed by atoms with van der Waals surface area (Å²) in [5, 5.41) is 0.537. The van der Waals surface area contributed by atoms with Gasteiger partial charge in [-0.2, -0.15) is 0 Å². The maximum absolute atomic E-state index is 12.2. The first-order valence-corrected chi connectivity index (χ1v) is 7.84. The molecular weight excluding hydrogens is 354 g/mol. The Balaban J connectivity index is 1.75. The van der Waals surface area contributed by atoms with Crippen LogP contribution in [0.25, 0.3) is 0 Å². The quantitative estimate of drug-likeness (QED) is 0.747. The average molecular weight is 368 g/mol. The van der Waals surface area contributed by atoms with Crippen LogP contribution in [-0.4, -0.2) is 29.5 Å². The zero-order chi connectivity index (χ0) is 15.7. The fraction of sp³-hybridized carbons (Fsp3) is 0.400. The van der Waals surface area contributed by atoms with E-state index in [1.807, 2.05) is 0 Å². The minimum Gasteiger partial charge on any atom is -0.492 e. The summed E-state index contributed by atoms with van der Waals surface area (Å²) in [6.45, 7) is 0.540. The zero-order valence-electron chi connectivity index (χ0n) is 11.7. The topological polar surface area (TPSA) is 72.9 Å². The Morgan fingerprint density at radius 2 is 1.91 bits per heavy atom. The molecule has 1 aromatic carbocycles. The first kappa shape index (κ1) is 15.0. The first-order valence-electron chi connectivity index (χ1n) is 7.05. The van der Waals surface area contributed by atoms with Crippen LogP contribution in [0.2, 0.25) is 0 Å². The van der Waals surface area contributed by atoms with Crippen molar-refractivity contribution in [1.29, 1.82) is 0 Å². The highest BCUT2D eigenvalue weighted by Gasteiger charge is 2.34. The van der Waals surface area contributed by atoms with Gasteiger partial charge in [-0.3, -0.25) is 9.59 Å². The van der Waals surface area contributed by atoms with Crippen LogP contribution in [0, 0.1) is 5.92 Å². The van der Waals surface area contributed by atoms with Gasteiger partial charge in [0.05, 0.1) is 6.61 Å². The number of amides is 2. The smallest absolute Gasteiger partial charge is 0.367 e. The molecule has 1 aliphatic heterocycles. The second-order valence-electron chi connectivity index (χ2n) is 5.36. The highest BCUT2D eigenvalue weighted by Crippen LogP contribution is 2.31. The van der Waals surface area contributed by atoms with Gasteiger partial charge in [0.25, 0.3) is 11.8 Å². The molecule has 1 aliphatic carbocycles. The standard InChI is InChI=1S/C15H14BrNO5/c16-10-3-4-11(12(7-10)21-8-9-1-2-9)15(20)22-17-13(18)5-6-14(17)19/h3-4,7,9H,1-2,5-6,8H2. The summed E-state index contributed by atoms with van der Waals surface area (Å²) in [6.07, 6.45) is 2.39. The highest BCUT2D eigenvalue weighted by atomic mass is 79.9. The lowest BCUT2D eigenvalue weighted by Gasteiger charge is -2.15. The Hall–Kier alpha value is -1.89. The van der Waals surface area contributed by atoms with Crippen LogP contribution >= 0.6 is 15.9 Å². The molecule has 0 bridgehead atoms. The third kappa shape index (κ3) is 3.30. The molecule has 22 heavy (non-hydrogen) atoms. The summed E-state index contributed by atoms with van der Waals surface area (Å²) >= 11 is 3.32. The van der Waals surface area contributed by atoms with E-state index in [0.29, 0.717) is 23.3 Å². The number of imide groups is 1. The molecule has 1 heterocycles. The fourth-order valence-corrected chi connectivity index (χ4v) is 2.41. The summed E-state index contributed by atoms with van der Waals surface area (Å²) in [4.78, 5) is 40.2. The molecule has 2 aliphatic rings. The van der Waals surface area contributed by atoms with Gasteiger partial charge in [-0.05, 0) is 37.0 Å². The lowest BCUT2D eigenvalue weighted by Crippen LogP contribution is -2.32. The Morgan fingerprint density at radius 3 is 2.55 bits per heavy atom. The van der Waals surface area contributed by atoms with Crippen molar-refractivity contribution in [1.82, 2.24) is 5.06 Å². The molecule has 0 atom stereocenters. The van der Waals surface area contributed by atoms with Gasteiger partial charge in [0, 0.05) is 17.3 Å². The molecule has 0 unspecified atom stereocenters. The van der Waals surface area contributed by atoms with E-state index >= 15 is 0 Å². The van der Waals surface area contributed by atoms with Gasteiger partial charge in [-0.25, -0.2) is 4.79 Å². The van der Waals surface area contributed by atoms with E-state index in [-0.39, 0.29) is 18.4 Å². The molecule has 0 radical (unpaired) electrons. The van der Waals surface area contributed by atoms with Crippen LogP contribution in [0.15, 0.2) is 22.7 Å². The van der Waals surface area contributed by atoms with Gasteiger partial charge >= 0.3 is 5.97 Å². The van der Waals surface area contributed by atoms with Crippen molar-refractivity contribution in [3.8, 4) is 5.75 Å². The number of nitrogens with zero attached hydrogens (tertiary/aromatic N) is 1. The number of carbonyl (C=O) groups excluding carboxylic acids is 3. The lowest BCUT2D eigenvalue weighted by molar-refractivity contribution is -0.172. The third-order valence-electron chi connectivity index (χ3n) is 3.51. The number of hydroxylamine groups is 2. The molecule has 2 fully saturated rings. The number of ether oxygens (including phenoxy) is 1. The van der Waals surface area contributed by atoms with E-state index in [0.717, 1.165) is 17.3 Å². The summed E-state index contributed by atoms with van der Waals surface area (Å²) < 4.78 is 6.43. The van der Waals surface area contributed by atoms with E-state index < -0.39 is 17.8 Å². The summed E-state index contributed by atoms with van der Waals surface area (Å²) in [5.41, 5.74) is 0.191. The summed E-state index contributed by atoms with van der Waals surface area (Å²) in [7, 11) is 0. The van der Waals surface area contributed by atoms with Gasteiger partial charge in [0.2, 0.25) is 0 Å². The minimum atomic E-state index is -0.776. The van der Waals surface area contributed by atoms with Crippen molar-refractivity contribution < 1.29 is 24.0 Å². The van der Waals surface area contributed by atoms with Crippen molar-refractivity contribution in [2.45, 2.75) is 25.7 Å². The van der Waals surface area contributed by atoms with Crippen molar-refractivity contribution in [3.05, 3.63) is 28.2 Å². The molecule has 0 N–H and O–H groups in total. The Morgan fingerprint density at radius 1 is 1.23 bits per heavy atom. The number of halogens is 1. The number of benzene rings is 1. The number of hydrogen-bond acceptors (Lipinski definition) is 5. The summed E-state index contributed by atoms with van der Waals surface area (Å²) in [5.74, 6) is -0.872. The second-order valence-corrected chi connectivity index (χ2v) is 6.27. The molecular formula is C15H14BrNO5. The predicted molar refractivity (Wildman–Crippen MR) is 78.9 cm³/mol. The SMILES string of the molecule is O=C(ON1C(=O)CCC1=O)c1ccc(Br)cc1OCC1CC1. The molecule has 0 aromatic heterocycles. The minimum absolute atomic E-state index is 0.0670. The Kier molecular flexibility index (Phi) is 4.15. The average Bonchev–Trinajstić information content (AvgIpc) is 3.27. The first-order chi connectivity index (χ1) is 10.5. The maximum atomic E-state index is 12.2.